The van der Waals surface area contributed by atoms with Crippen molar-refractivity contribution in [3.63, 3.8) is 0 Å². The van der Waals surface area contributed by atoms with Gasteiger partial charge in [-0.2, -0.15) is 0 Å². The zero-order valence-corrected chi connectivity index (χ0v) is 9.93. The molecular formula is C14H19NO2. The van der Waals surface area contributed by atoms with Crippen LogP contribution in [0.15, 0.2) is 30.3 Å². The molecule has 0 radical (unpaired) electrons. The summed E-state index contributed by atoms with van der Waals surface area (Å²) in [4.78, 5) is 12.1. The Hall–Kier alpha value is -1.35. The van der Waals surface area contributed by atoms with Gasteiger partial charge in [-0.15, -0.1) is 0 Å². The maximum absolute atomic E-state index is 12.1. The zero-order valence-electron chi connectivity index (χ0n) is 9.93. The Morgan fingerprint density at radius 1 is 1.35 bits per heavy atom. The van der Waals surface area contributed by atoms with Crippen LogP contribution in [-0.2, 0) is 4.79 Å². The third kappa shape index (κ3) is 3.30. The molecule has 1 amide bonds. The Morgan fingerprint density at radius 3 is 2.65 bits per heavy atom. The average Bonchev–Trinajstić information content (AvgIpc) is 3.16. The van der Waals surface area contributed by atoms with E-state index < -0.39 is 0 Å². The smallest absolute Gasteiger partial charge is 0.227 e. The highest BCUT2D eigenvalue weighted by molar-refractivity contribution is 5.84. The molecule has 1 saturated carbocycles. The van der Waals surface area contributed by atoms with E-state index in [9.17, 15) is 4.79 Å². The number of hydrogen-bond donors (Lipinski definition) is 2. The standard InChI is InChI=1S/C14H19NO2/c16-10-4-9-15-14(17)13(12-7-8-12)11-5-2-1-3-6-11/h1-3,5-6,12-13,16H,4,7-10H2,(H,15,17). The fourth-order valence-corrected chi connectivity index (χ4v) is 2.13. The number of benzene rings is 1. The Morgan fingerprint density at radius 2 is 2.06 bits per heavy atom. The number of carbonyl (C=O) groups is 1. The monoisotopic (exact) mass is 233 g/mol. The number of nitrogens with one attached hydrogen (secondary N) is 1. The topological polar surface area (TPSA) is 49.3 Å². The van der Waals surface area contributed by atoms with Crippen molar-refractivity contribution < 1.29 is 9.90 Å². The number of amides is 1. The van der Waals surface area contributed by atoms with Crippen molar-refractivity contribution in [1.82, 2.24) is 5.32 Å². The molecule has 0 saturated heterocycles. The highest BCUT2D eigenvalue weighted by Crippen LogP contribution is 2.42. The molecule has 1 aliphatic rings. The molecule has 1 atom stereocenters. The van der Waals surface area contributed by atoms with Crippen molar-refractivity contribution in [2.45, 2.75) is 25.2 Å². The quantitative estimate of drug-likeness (QED) is 0.734. The Kier molecular flexibility index (Phi) is 4.15. The molecule has 1 aromatic rings. The lowest BCUT2D eigenvalue weighted by Gasteiger charge is -2.16. The molecular weight excluding hydrogens is 214 g/mol. The number of hydrogen-bond acceptors (Lipinski definition) is 2. The van der Waals surface area contributed by atoms with Gasteiger partial charge in [0.1, 0.15) is 0 Å². The van der Waals surface area contributed by atoms with Crippen molar-refractivity contribution in [3.05, 3.63) is 35.9 Å². The molecule has 1 fully saturated rings. The summed E-state index contributed by atoms with van der Waals surface area (Å²) in [6, 6.07) is 9.97. The fraction of sp³-hybridized carbons (Fsp3) is 0.500. The summed E-state index contributed by atoms with van der Waals surface area (Å²) in [5, 5.41) is 11.6. The third-order valence-electron chi connectivity index (χ3n) is 3.17. The van der Waals surface area contributed by atoms with Crippen molar-refractivity contribution in [3.8, 4) is 0 Å². The van der Waals surface area contributed by atoms with E-state index in [0.717, 1.165) is 18.4 Å². The van der Waals surface area contributed by atoms with E-state index in [4.69, 9.17) is 5.11 Å². The van der Waals surface area contributed by atoms with Crippen LogP contribution in [0.2, 0.25) is 0 Å². The van der Waals surface area contributed by atoms with Crippen molar-refractivity contribution in [2.24, 2.45) is 5.92 Å². The molecule has 1 aromatic carbocycles. The van der Waals surface area contributed by atoms with Gasteiger partial charge in [0.2, 0.25) is 5.91 Å². The van der Waals surface area contributed by atoms with Crippen LogP contribution in [0.5, 0.6) is 0 Å². The molecule has 2 rings (SSSR count). The van der Waals surface area contributed by atoms with E-state index in [1.54, 1.807) is 0 Å². The van der Waals surface area contributed by atoms with Crippen LogP contribution in [0.4, 0.5) is 0 Å². The zero-order chi connectivity index (χ0) is 12.1. The van der Waals surface area contributed by atoms with Gasteiger partial charge < -0.3 is 10.4 Å². The predicted octanol–water partition coefficient (Wildman–Crippen LogP) is 1.68. The summed E-state index contributed by atoms with van der Waals surface area (Å²) in [5.74, 6) is 0.605. The summed E-state index contributed by atoms with van der Waals surface area (Å²) in [6.45, 7) is 0.686. The first-order valence-corrected chi connectivity index (χ1v) is 6.26. The molecule has 3 heteroatoms. The van der Waals surface area contributed by atoms with Crippen LogP contribution in [0.1, 0.15) is 30.7 Å². The Labute approximate surface area is 102 Å². The fourth-order valence-electron chi connectivity index (χ4n) is 2.13. The predicted molar refractivity (Wildman–Crippen MR) is 66.6 cm³/mol. The van der Waals surface area contributed by atoms with E-state index in [0.29, 0.717) is 18.9 Å². The van der Waals surface area contributed by atoms with Gasteiger partial charge in [-0.1, -0.05) is 30.3 Å². The SMILES string of the molecule is O=C(NCCCO)C(c1ccccc1)C1CC1. The molecule has 3 nitrogen and oxygen atoms in total. The van der Waals surface area contributed by atoms with Crippen LogP contribution in [0.3, 0.4) is 0 Å². The summed E-state index contributed by atoms with van der Waals surface area (Å²) < 4.78 is 0. The van der Waals surface area contributed by atoms with E-state index in [1.807, 2.05) is 30.3 Å². The van der Waals surface area contributed by atoms with Crippen LogP contribution in [0, 0.1) is 5.92 Å². The lowest BCUT2D eigenvalue weighted by molar-refractivity contribution is -0.123. The number of aliphatic hydroxyl groups excluding tert-OH is 1. The first-order valence-electron chi connectivity index (χ1n) is 6.26. The molecule has 0 aliphatic heterocycles. The van der Waals surface area contributed by atoms with Crippen LogP contribution >= 0.6 is 0 Å². The average molecular weight is 233 g/mol. The molecule has 1 unspecified atom stereocenters. The molecule has 92 valence electrons. The van der Waals surface area contributed by atoms with Gasteiger partial charge in [0.15, 0.2) is 0 Å². The minimum absolute atomic E-state index is 0.00473. The lowest BCUT2D eigenvalue weighted by Crippen LogP contribution is -2.31. The molecule has 1 aliphatic carbocycles. The van der Waals surface area contributed by atoms with Gasteiger partial charge >= 0.3 is 0 Å². The second-order valence-corrected chi connectivity index (χ2v) is 4.59. The molecule has 0 bridgehead atoms. The van der Waals surface area contributed by atoms with Gasteiger partial charge in [-0.05, 0) is 30.7 Å². The minimum atomic E-state index is -0.00473. The molecule has 0 heterocycles. The highest BCUT2D eigenvalue weighted by atomic mass is 16.3. The van der Waals surface area contributed by atoms with Gasteiger partial charge in [0.05, 0.1) is 5.92 Å². The Bertz CT molecular complexity index is 360. The van der Waals surface area contributed by atoms with E-state index >= 15 is 0 Å². The van der Waals surface area contributed by atoms with Gasteiger partial charge in [-0.25, -0.2) is 0 Å². The van der Waals surface area contributed by atoms with E-state index in [2.05, 4.69) is 5.32 Å². The minimum Gasteiger partial charge on any atom is -0.396 e. The number of rotatable bonds is 6. The number of aliphatic hydroxyl groups is 1. The van der Waals surface area contributed by atoms with E-state index in [-0.39, 0.29) is 18.4 Å². The molecule has 2 N–H and O–H groups in total. The van der Waals surface area contributed by atoms with Gasteiger partial charge in [-0.3, -0.25) is 4.79 Å². The molecule has 17 heavy (non-hydrogen) atoms. The van der Waals surface area contributed by atoms with E-state index in [1.165, 1.54) is 0 Å². The second kappa shape index (κ2) is 5.82. The lowest BCUT2D eigenvalue weighted by atomic mass is 9.93. The van der Waals surface area contributed by atoms with Crippen molar-refractivity contribution in [2.75, 3.05) is 13.2 Å². The van der Waals surface area contributed by atoms with Gasteiger partial charge in [0.25, 0.3) is 0 Å². The largest absolute Gasteiger partial charge is 0.396 e. The van der Waals surface area contributed by atoms with Crippen molar-refractivity contribution >= 4 is 5.91 Å². The summed E-state index contributed by atoms with van der Waals surface area (Å²) >= 11 is 0. The molecule has 0 aromatic heterocycles. The maximum atomic E-state index is 12.1. The normalized spacial score (nSPS) is 16.5. The molecule has 0 spiro atoms. The van der Waals surface area contributed by atoms with Crippen LogP contribution in [0.25, 0.3) is 0 Å². The summed E-state index contributed by atoms with van der Waals surface area (Å²) in [5.41, 5.74) is 1.11. The third-order valence-corrected chi connectivity index (χ3v) is 3.17. The van der Waals surface area contributed by atoms with Crippen LogP contribution in [-0.4, -0.2) is 24.2 Å². The summed E-state index contributed by atoms with van der Waals surface area (Å²) in [6.07, 6.45) is 2.91. The second-order valence-electron chi connectivity index (χ2n) is 4.59. The Balaban J connectivity index is 2.00. The highest BCUT2D eigenvalue weighted by Gasteiger charge is 2.36. The first-order chi connectivity index (χ1) is 8.33. The van der Waals surface area contributed by atoms with Crippen LogP contribution < -0.4 is 5.32 Å². The van der Waals surface area contributed by atoms with Crippen molar-refractivity contribution in [1.29, 1.82) is 0 Å². The maximum Gasteiger partial charge on any atom is 0.227 e. The van der Waals surface area contributed by atoms with Gasteiger partial charge in [0, 0.05) is 13.2 Å². The number of carbonyl (C=O) groups excluding carboxylic acids is 1. The summed E-state index contributed by atoms with van der Waals surface area (Å²) in [7, 11) is 0. The first kappa shape index (κ1) is 12.1.